The fourth-order valence-electron chi connectivity index (χ4n) is 2.57. The van der Waals surface area contributed by atoms with E-state index in [-0.39, 0.29) is 29.5 Å². The van der Waals surface area contributed by atoms with Crippen LogP contribution in [0.4, 0.5) is 5.95 Å². The number of carbonyl (C=O) groups excluding carboxylic acids is 1. The molecule has 3 aromatic rings. The molecule has 2 heterocycles. The maximum Gasteiger partial charge on any atom is 0.280 e. The highest BCUT2D eigenvalue weighted by Gasteiger charge is 2.13. The standard InChI is InChI=1S/C17H19ClN6O3/c1-11-15-16(26)23(10-21-24(15)17(19)22-11)9-14(25)20-6-3-7-27-13-5-2-4-12(18)8-13/h2,4-5,8,10H,3,6-7,9H2,1H3,(H2,19,22)(H,20,25). The number of halogens is 1. The smallest absolute Gasteiger partial charge is 0.280 e. The van der Waals surface area contributed by atoms with Gasteiger partial charge in [0.25, 0.3) is 5.56 Å². The third kappa shape index (κ3) is 4.37. The van der Waals surface area contributed by atoms with Crippen LogP contribution in [0.3, 0.4) is 0 Å². The summed E-state index contributed by atoms with van der Waals surface area (Å²) >= 11 is 5.88. The van der Waals surface area contributed by atoms with Gasteiger partial charge in [-0.2, -0.15) is 9.61 Å². The first-order valence-corrected chi connectivity index (χ1v) is 8.69. The summed E-state index contributed by atoms with van der Waals surface area (Å²) in [5.41, 5.74) is 6.05. The first-order chi connectivity index (χ1) is 13.0. The maximum absolute atomic E-state index is 12.5. The Balaban J connectivity index is 1.50. The zero-order valence-corrected chi connectivity index (χ0v) is 15.4. The number of nitrogens with zero attached hydrogens (tertiary/aromatic N) is 4. The zero-order chi connectivity index (χ0) is 19.4. The summed E-state index contributed by atoms with van der Waals surface area (Å²) in [6.45, 7) is 2.38. The Morgan fingerprint density at radius 2 is 2.22 bits per heavy atom. The van der Waals surface area contributed by atoms with Crippen LogP contribution in [0, 0.1) is 6.92 Å². The molecule has 9 nitrogen and oxygen atoms in total. The van der Waals surface area contributed by atoms with Gasteiger partial charge in [-0.3, -0.25) is 14.2 Å². The highest BCUT2D eigenvalue weighted by molar-refractivity contribution is 6.30. The Morgan fingerprint density at radius 3 is 3.00 bits per heavy atom. The second kappa shape index (κ2) is 8.09. The number of fused-ring (bicyclic) bond motifs is 1. The van der Waals surface area contributed by atoms with E-state index >= 15 is 0 Å². The van der Waals surface area contributed by atoms with Gasteiger partial charge < -0.3 is 15.8 Å². The summed E-state index contributed by atoms with van der Waals surface area (Å²) in [5.74, 6) is 0.516. The summed E-state index contributed by atoms with van der Waals surface area (Å²) in [5, 5.41) is 7.40. The van der Waals surface area contributed by atoms with Gasteiger partial charge in [0.2, 0.25) is 11.9 Å². The first kappa shape index (κ1) is 18.7. The average molecular weight is 391 g/mol. The number of nitrogen functional groups attached to an aromatic ring is 1. The number of anilines is 1. The molecule has 0 aliphatic rings. The van der Waals surface area contributed by atoms with Crippen molar-refractivity contribution < 1.29 is 9.53 Å². The molecule has 2 aromatic heterocycles. The molecule has 0 aliphatic heterocycles. The molecule has 0 radical (unpaired) electrons. The predicted octanol–water partition coefficient (Wildman–Crippen LogP) is 1.02. The molecule has 3 rings (SSSR count). The Kier molecular flexibility index (Phi) is 5.60. The fraction of sp³-hybridized carbons (Fsp3) is 0.294. The van der Waals surface area contributed by atoms with Crippen molar-refractivity contribution in [1.29, 1.82) is 0 Å². The van der Waals surface area contributed by atoms with E-state index in [1.807, 2.05) is 6.07 Å². The van der Waals surface area contributed by atoms with Crippen LogP contribution in [0.25, 0.3) is 5.52 Å². The van der Waals surface area contributed by atoms with Crippen LogP contribution < -0.4 is 21.3 Å². The van der Waals surface area contributed by atoms with E-state index < -0.39 is 0 Å². The molecule has 27 heavy (non-hydrogen) atoms. The molecule has 0 spiro atoms. The number of nitrogens with one attached hydrogen (secondary N) is 1. The molecule has 0 bridgehead atoms. The number of nitrogens with two attached hydrogens (primary N) is 1. The molecule has 0 saturated carbocycles. The molecule has 3 N–H and O–H groups in total. The van der Waals surface area contributed by atoms with Crippen molar-refractivity contribution in [2.75, 3.05) is 18.9 Å². The highest BCUT2D eigenvalue weighted by atomic mass is 35.5. The molecule has 1 amide bonds. The van der Waals surface area contributed by atoms with E-state index in [0.717, 1.165) is 0 Å². The van der Waals surface area contributed by atoms with Crippen molar-refractivity contribution in [1.82, 2.24) is 24.5 Å². The molecule has 0 atom stereocenters. The van der Waals surface area contributed by atoms with E-state index in [9.17, 15) is 9.59 Å². The largest absolute Gasteiger partial charge is 0.493 e. The number of aromatic nitrogens is 4. The number of hydrogen-bond donors (Lipinski definition) is 2. The van der Waals surface area contributed by atoms with Gasteiger partial charge in [0, 0.05) is 11.6 Å². The number of aryl methyl sites for hydroxylation is 1. The van der Waals surface area contributed by atoms with E-state index in [1.54, 1.807) is 25.1 Å². The summed E-state index contributed by atoms with van der Waals surface area (Å²) in [6.07, 6.45) is 1.89. The minimum Gasteiger partial charge on any atom is -0.493 e. The number of imidazole rings is 1. The molecular formula is C17H19ClN6O3. The van der Waals surface area contributed by atoms with Gasteiger partial charge in [0.05, 0.1) is 12.3 Å². The first-order valence-electron chi connectivity index (χ1n) is 8.31. The summed E-state index contributed by atoms with van der Waals surface area (Å²) in [7, 11) is 0. The number of benzene rings is 1. The lowest BCUT2D eigenvalue weighted by Gasteiger charge is -2.09. The van der Waals surface area contributed by atoms with Gasteiger partial charge in [-0.05, 0) is 31.5 Å². The Hall–Kier alpha value is -3.07. The van der Waals surface area contributed by atoms with Gasteiger partial charge in [-0.1, -0.05) is 17.7 Å². The lowest BCUT2D eigenvalue weighted by Crippen LogP contribution is -2.34. The van der Waals surface area contributed by atoms with Crippen LogP contribution in [0.15, 0.2) is 35.4 Å². The Morgan fingerprint density at radius 1 is 1.41 bits per heavy atom. The Bertz CT molecular complexity index is 1030. The van der Waals surface area contributed by atoms with Gasteiger partial charge >= 0.3 is 0 Å². The monoisotopic (exact) mass is 390 g/mol. The number of hydrogen-bond acceptors (Lipinski definition) is 6. The van der Waals surface area contributed by atoms with Crippen molar-refractivity contribution >= 4 is 29.0 Å². The second-order valence-electron chi connectivity index (χ2n) is 5.89. The maximum atomic E-state index is 12.5. The lowest BCUT2D eigenvalue weighted by molar-refractivity contribution is -0.121. The molecule has 0 unspecified atom stereocenters. The van der Waals surface area contributed by atoms with Crippen LogP contribution in [0.1, 0.15) is 12.1 Å². The van der Waals surface area contributed by atoms with Crippen molar-refractivity contribution in [3.8, 4) is 5.75 Å². The number of rotatable bonds is 7. The van der Waals surface area contributed by atoms with Gasteiger partial charge in [0.15, 0.2) is 5.52 Å². The topological polar surface area (TPSA) is 117 Å². The minimum absolute atomic E-state index is 0.135. The molecule has 1 aromatic carbocycles. The normalized spacial score (nSPS) is 10.9. The van der Waals surface area contributed by atoms with E-state index in [0.29, 0.717) is 36.0 Å². The van der Waals surface area contributed by atoms with Gasteiger partial charge in [0.1, 0.15) is 18.6 Å². The van der Waals surface area contributed by atoms with Crippen molar-refractivity contribution in [3.63, 3.8) is 0 Å². The third-order valence-electron chi connectivity index (χ3n) is 3.85. The third-order valence-corrected chi connectivity index (χ3v) is 4.08. The SMILES string of the molecule is Cc1nc(N)n2ncn(CC(=O)NCCCOc3cccc(Cl)c3)c(=O)c12. The summed E-state index contributed by atoms with van der Waals surface area (Å²) in [6, 6.07) is 7.10. The molecule has 142 valence electrons. The van der Waals surface area contributed by atoms with E-state index in [2.05, 4.69) is 15.4 Å². The quantitative estimate of drug-likeness (QED) is 0.582. The van der Waals surface area contributed by atoms with Crippen LogP contribution in [0.2, 0.25) is 5.02 Å². The Labute approximate surface area is 159 Å². The average Bonchev–Trinajstić information content (AvgIpc) is 2.91. The van der Waals surface area contributed by atoms with Crippen molar-refractivity contribution in [2.24, 2.45) is 0 Å². The number of ether oxygens (including phenoxy) is 1. The number of amides is 1. The molecular weight excluding hydrogens is 372 g/mol. The molecule has 0 aliphatic carbocycles. The highest BCUT2D eigenvalue weighted by Crippen LogP contribution is 2.17. The van der Waals surface area contributed by atoms with Crippen molar-refractivity contribution in [2.45, 2.75) is 19.9 Å². The van der Waals surface area contributed by atoms with Gasteiger partial charge in [-0.15, -0.1) is 0 Å². The molecule has 0 fully saturated rings. The fourth-order valence-corrected chi connectivity index (χ4v) is 2.75. The predicted molar refractivity (Wildman–Crippen MR) is 101 cm³/mol. The second-order valence-corrected chi connectivity index (χ2v) is 6.33. The molecule has 10 heteroatoms. The molecule has 0 saturated heterocycles. The zero-order valence-electron chi connectivity index (χ0n) is 14.7. The lowest BCUT2D eigenvalue weighted by atomic mass is 10.3. The van der Waals surface area contributed by atoms with Crippen LogP contribution in [-0.4, -0.2) is 38.2 Å². The minimum atomic E-state index is -0.369. The van der Waals surface area contributed by atoms with Crippen LogP contribution in [0.5, 0.6) is 5.75 Å². The van der Waals surface area contributed by atoms with Crippen LogP contribution in [-0.2, 0) is 11.3 Å². The van der Waals surface area contributed by atoms with Crippen LogP contribution >= 0.6 is 11.6 Å². The van der Waals surface area contributed by atoms with E-state index in [1.165, 1.54) is 15.4 Å². The van der Waals surface area contributed by atoms with E-state index in [4.69, 9.17) is 22.1 Å². The van der Waals surface area contributed by atoms with Crippen molar-refractivity contribution in [3.05, 3.63) is 51.7 Å². The van der Waals surface area contributed by atoms with Gasteiger partial charge in [-0.25, -0.2) is 4.98 Å². The summed E-state index contributed by atoms with van der Waals surface area (Å²) < 4.78 is 8.03. The number of carbonyl (C=O) groups is 1. The summed E-state index contributed by atoms with van der Waals surface area (Å²) in [4.78, 5) is 28.5.